The molecule has 40 heavy (non-hydrogen) atoms. The van der Waals surface area contributed by atoms with E-state index in [-0.39, 0.29) is 24.0 Å². The van der Waals surface area contributed by atoms with Crippen molar-refractivity contribution >= 4 is 23.2 Å². The molecule has 0 aliphatic heterocycles. The Morgan fingerprint density at radius 2 is 1.80 bits per heavy atom. The molecule has 200 valence electrons. The smallest absolute Gasteiger partial charge is 0.237 e. The first-order chi connectivity index (χ1) is 19.5. The summed E-state index contributed by atoms with van der Waals surface area (Å²) >= 11 is 0. The number of hydrogen-bond donors (Lipinski definition) is 1. The Kier molecular flexibility index (Phi) is 6.97. The van der Waals surface area contributed by atoms with E-state index in [1.165, 1.54) is 0 Å². The summed E-state index contributed by atoms with van der Waals surface area (Å²) < 4.78 is 13.5. The second-order valence-corrected chi connectivity index (χ2v) is 9.96. The van der Waals surface area contributed by atoms with Crippen LogP contribution in [0.3, 0.4) is 0 Å². The lowest BCUT2D eigenvalue weighted by molar-refractivity contribution is -0.117. The lowest BCUT2D eigenvalue weighted by Crippen LogP contribution is -2.13. The number of imidazole rings is 1. The second kappa shape index (κ2) is 11.0. The Morgan fingerprint density at radius 3 is 2.62 bits per heavy atom. The van der Waals surface area contributed by atoms with Gasteiger partial charge >= 0.3 is 0 Å². The maximum absolute atomic E-state index is 13.2. The molecule has 1 aliphatic carbocycles. The number of hydrogen-bond acceptors (Lipinski definition) is 6. The highest BCUT2D eigenvalue weighted by molar-refractivity contribution is 5.98. The van der Waals surface area contributed by atoms with E-state index in [0.717, 1.165) is 29.5 Å². The van der Waals surface area contributed by atoms with Gasteiger partial charge in [0, 0.05) is 24.0 Å². The molecule has 8 nitrogen and oxygen atoms in total. The second-order valence-electron chi connectivity index (χ2n) is 9.96. The van der Waals surface area contributed by atoms with Gasteiger partial charge in [0.15, 0.2) is 17.2 Å². The average molecular weight is 533 g/mol. The van der Waals surface area contributed by atoms with Gasteiger partial charge < -0.3 is 14.8 Å². The maximum atomic E-state index is 13.2. The molecule has 2 heterocycles. The van der Waals surface area contributed by atoms with E-state index in [1.54, 1.807) is 35.0 Å². The van der Waals surface area contributed by atoms with Gasteiger partial charge in [0.2, 0.25) is 11.8 Å². The number of nitrogens with one attached hydrogen (secondary N) is 1. The van der Waals surface area contributed by atoms with E-state index in [9.17, 15) is 9.59 Å². The quantitative estimate of drug-likeness (QED) is 0.216. The number of fused-ring (bicyclic) bond motifs is 1. The monoisotopic (exact) mass is 532 g/mol. The number of benzene rings is 3. The number of aromatic nitrogens is 3. The fraction of sp³-hybridized carbons (Fsp3) is 0.188. The predicted octanol–water partition coefficient (Wildman–Crippen LogP) is 6.18. The summed E-state index contributed by atoms with van der Waals surface area (Å²) in [5.41, 5.74) is 4.11. The van der Waals surface area contributed by atoms with Crippen molar-refractivity contribution in [1.29, 1.82) is 0 Å². The van der Waals surface area contributed by atoms with Crippen LogP contribution in [-0.4, -0.2) is 26.3 Å². The number of carbonyl (C=O) groups excluding carboxylic acids is 2. The predicted molar refractivity (Wildman–Crippen MR) is 151 cm³/mol. The molecule has 1 fully saturated rings. The van der Waals surface area contributed by atoms with Crippen molar-refractivity contribution in [1.82, 2.24) is 14.6 Å². The van der Waals surface area contributed by atoms with E-state index < -0.39 is 0 Å². The summed E-state index contributed by atoms with van der Waals surface area (Å²) in [6.07, 6.45) is 3.74. The molecular formula is C32H28N4O4. The largest absolute Gasteiger partial charge is 0.489 e. The molecular weight excluding hydrogens is 504 g/mol. The molecule has 0 radical (unpaired) electrons. The summed E-state index contributed by atoms with van der Waals surface area (Å²) in [4.78, 5) is 29.6. The number of Topliss-reactive ketones (excluding diaryl/α,β-unsaturated/α-hetero) is 1. The van der Waals surface area contributed by atoms with E-state index in [0.29, 0.717) is 41.0 Å². The third-order valence-corrected chi connectivity index (χ3v) is 6.79. The van der Waals surface area contributed by atoms with Crippen LogP contribution in [0.2, 0.25) is 0 Å². The van der Waals surface area contributed by atoms with Gasteiger partial charge in [0.05, 0.1) is 6.20 Å². The van der Waals surface area contributed by atoms with Crippen molar-refractivity contribution in [2.75, 3.05) is 5.32 Å². The maximum Gasteiger partial charge on any atom is 0.237 e. The normalized spacial score (nSPS) is 12.7. The van der Waals surface area contributed by atoms with Crippen LogP contribution >= 0.6 is 0 Å². The SMILES string of the molecule is Cc1ccc(Oc2ccc3nc(NC(=O)C4CC4)cn3n2)cc1CC(=O)c1cccc(OCc2ccccc2)c1. The first-order valence-electron chi connectivity index (χ1n) is 13.2. The van der Waals surface area contributed by atoms with Crippen molar-refractivity contribution in [3.63, 3.8) is 0 Å². The van der Waals surface area contributed by atoms with Gasteiger partial charge in [-0.15, -0.1) is 5.10 Å². The molecule has 0 unspecified atom stereocenters. The Morgan fingerprint density at radius 1 is 0.950 bits per heavy atom. The Hall–Kier alpha value is -4.98. The number of rotatable bonds is 10. The summed E-state index contributed by atoms with van der Waals surface area (Å²) in [5, 5.41) is 7.30. The standard InChI is InChI=1S/C32H28N4O4/c1-21-10-13-27(40-31-15-14-30-33-29(19-36(30)35-31)34-32(38)23-11-12-23)17-25(21)18-28(37)24-8-5-9-26(16-24)39-20-22-6-3-2-4-7-22/h2-10,13-17,19,23H,11-12,18,20H2,1H3,(H,34,38). The zero-order valence-electron chi connectivity index (χ0n) is 22.0. The number of anilines is 1. The van der Waals surface area contributed by atoms with Crippen LogP contribution in [0, 0.1) is 12.8 Å². The van der Waals surface area contributed by atoms with Gasteiger partial charge in [-0.25, -0.2) is 9.50 Å². The van der Waals surface area contributed by atoms with Crippen LogP contribution in [0.25, 0.3) is 5.65 Å². The highest BCUT2D eigenvalue weighted by Crippen LogP contribution is 2.30. The van der Waals surface area contributed by atoms with Crippen molar-refractivity contribution < 1.29 is 19.1 Å². The van der Waals surface area contributed by atoms with Crippen molar-refractivity contribution in [3.8, 4) is 17.4 Å². The molecule has 0 atom stereocenters. The highest BCUT2D eigenvalue weighted by Gasteiger charge is 2.30. The topological polar surface area (TPSA) is 94.8 Å². The number of ketones is 1. The molecule has 8 heteroatoms. The van der Waals surface area contributed by atoms with Crippen LogP contribution in [0.5, 0.6) is 17.4 Å². The fourth-order valence-corrected chi connectivity index (χ4v) is 4.35. The minimum Gasteiger partial charge on any atom is -0.489 e. The van der Waals surface area contributed by atoms with Crippen molar-refractivity contribution in [2.24, 2.45) is 5.92 Å². The van der Waals surface area contributed by atoms with Gasteiger partial charge in [-0.3, -0.25) is 9.59 Å². The van der Waals surface area contributed by atoms with Gasteiger partial charge in [-0.1, -0.05) is 48.5 Å². The third kappa shape index (κ3) is 6.02. The van der Waals surface area contributed by atoms with E-state index in [1.807, 2.05) is 67.6 Å². The number of carbonyl (C=O) groups is 2. The highest BCUT2D eigenvalue weighted by atomic mass is 16.5. The molecule has 3 aromatic carbocycles. The summed E-state index contributed by atoms with van der Waals surface area (Å²) in [5.74, 6) is 2.14. The van der Waals surface area contributed by atoms with Crippen LogP contribution in [0.4, 0.5) is 5.82 Å². The van der Waals surface area contributed by atoms with Crippen LogP contribution in [0.1, 0.15) is 39.9 Å². The molecule has 6 rings (SSSR count). The molecule has 1 saturated carbocycles. The molecule has 2 aromatic heterocycles. The lowest BCUT2D eigenvalue weighted by Gasteiger charge is -2.11. The first kappa shape index (κ1) is 25.3. The molecule has 1 amide bonds. The third-order valence-electron chi connectivity index (χ3n) is 6.79. The first-order valence-corrected chi connectivity index (χ1v) is 13.2. The lowest BCUT2D eigenvalue weighted by atomic mass is 9.99. The fourth-order valence-electron chi connectivity index (χ4n) is 4.35. The van der Waals surface area contributed by atoms with Gasteiger partial charge in [-0.2, -0.15) is 0 Å². The van der Waals surface area contributed by atoms with Gasteiger partial charge in [-0.05, 0) is 66.8 Å². The summed E-state index contributed by atoms with van der Waals surface area (Å²) in [7, 11) is 0. The minimum absolute atomic E-state index is 0.00644. The van der Waals surface area contributed by atoms with Crippen LogP contribution < -0.4 is 14.8 Å². The average Bonchev–Trinajstić information content (AvgIpc) is 3.75. The molecule has 1 N–H and O–H groups in total. The Labute approximate surface area is 231 Å². The number of amides is 1. The Balaban J connectivity index is 1.12. The van der Waals surface area contributed by atoms with Crippen LogP contribution in [0.15, 0.2) is 91.1 Å². The van der Waals surface area contributed by atoms with Crippen molar-refractivity contribution in [2.45, 2.75) is 32.8 Å². The van der Waals surface area contributed by atoms with E-state index in [4.69, 9.17) is 9.47 Å². The van der Waals surface area contributed by atoms with Crippen LogP contribution in [-0.2, 0) is 17.8 Å². The number of aryl methyl sites for hydroxylation is 1. The number of nitrogens with zero attached hydrogens (tertiary/aromatic N) is 3. The minimum atomic E-state index is -0.0101. The molecule has 0 bridgehead atoms. The molecule has 5 aromatic rings. The van der Waals surface area contributed by atoms with E-state index in [2.05, 4.69) is 15.4 Å². The Bertz CT molecular complexity index is 1690. The summed E-state index contributed by atoms with van der Waals surface area (Å²) in [6, 6.07) is 26.3. The summed E-state index contributed by atoms with van der Waals surface area (Å²) in [6.45, 7) is 2.41. The number of ether oxygens (including phenoxy) is 2. The molecule has 1 aliphatic rings. The zero-order chi connectivity index (χ0) is 27.5. The molecule has 0 saturated heterocycles. The van der Waals surface area contributed by atoms with Gasteiger partial charge in [0.25, 0.3) is 0 Å². The molecule has 0 spiro atoms. The zero-order valence-corrected chi connectivity index (χ0v) is 22.0. The van der Waals surface area contributed by atoms with E-state index >= 15 is 0 Å². The van der Waals surface area contributed by atoms with Gasteiger partial charge in [0.1, 0.15) is 18.1 Å². The van der Waals surface area contributed by atoms with Crippen molar-refractivity contribution in [3.05, 3.63) is 113 Å².